The summed E-state index contributed by atoms with van der Waals surface area (Å²) in [5, 5.41) is 0. The molecule has 0 saturated carbocycles. The van der Waals surface area contributed by atoms with Crippen LogP contribution in [0.1, 0.15) is 53.9 Å². The summed E-state index contributed by atoms with van der Waals surface area (Å²) in [6, 6.07) is 0. The Morgan fingerprint density at radius 3 is 2.25 bits per heavy atom. The van der Waals surface area contributed by atoms with E-state index in [-0.39, 0.29) is 17.9 Å². The zero-order valence-electron chi connectivity index (χ0n) is 13.6. The van der Waals surface area contributed by atoms with Gasteiger partial charge in [0.15, 0.2) is 5.79 Å². The molecule has 1 fully saturated rings. The molecule has 2 atom stereocenters. The number of hydrogen-bond donors (Lipinski definition) is 0. The van der Waals surface area contributed by atoms with Crippen molar-refractivity contribution >= 4 is 5.97 Å². The molecule has 1 aliphatic rings. The average molecular weight is 286 g/mol. The van der Waals surface area contributed by atoms with Crippen LogP contribution in [0.15, 0.2) is 12.7 Å². The molecule has 0 aromatic carbocycles. The minimum absolute atomic E-state index is 0.00421. The lowest BCUT2D eigenvalue weighted by atomic mass is 10.0. The van der Waals surface area contributed by atoms with Gasteiger partial charge in [0.05, 0.1) is 13.2 Å². The highest BCUT2D eigenvalue weighted by Crippen LogP contribution is 2.15. The lowest BCUT2D eigenvalue weighted by Gasteiger charge is -2.29. The summed E-state index contributed by atoms with van der Waals surface area (Å²) in [6.07, 6.45) is 4.44. The van der Waals surface area contributed by atoms with E-state index < -0.39 is 0 Å². The maximum atomic E-state index is 10.8. The molecule has 0 aromatic heterocycles. The summed E-state index contributed by atoms with van der Waals surface area (Å²) in [5.41, 5.74) is 0. The van der Waals surface area contributed by atoms with E-state index in [1.165, 1.54) is 6.08 Å². The van der Waals surface area contributed by atoms with Crippen LogP contribution < -0.4 is 0 Å². The lowest BCUT2D eigenvalue weighted by Crippen LogP contribution is -2.33. The van der Waals surface area contributed by atoms with Crippen LogP contribution in [0.4, 0.5) is 0 Å². The van der Waals surface area contributed by atoms with Gasteiger partial charge in [0, 0.05) is 6.08 Å². The number of esters is 1. The van der Waals surface area contributed by atoms with E-state index in [9.17, 15) is 4.79 Å². The SMILES string of the molecule is C=CC(=O)OC(C)C(C)CCC.CC1(C)OCCCO1. The van der Waals surface area contributed by atoms with Crippen LogP contribution in [0.5, 0.6) is 0 Å². The van der Waals surface area contributed by atoms with E-state index in [1.807, 2.05) is 20.8 Å². The van der Waals surface area contributed by atoms with Crippen LogP contribution in [0.3, 0.4) is 0 Å². The Balaban J connectivity index is 0.000000388. The van der Waals surface area contributed by atoms with Gasteiger partial charge in [0.1, 0.15) is 6.10 Å². The zero-order valence-corrected chi connectivity index (χ0v) is 13.6. The van der Waals surface area contributed by atoms with Gasteiger partial charge in [0.25, 0.3) is 0 Å². The summed E-state index contributed by atoms with van der Waals surface area (Å²) >= 11 is 0. The first-order valence-corrected chi connectivity index (χ1v) is 7.43. The van der Waals surface area contributed by atoms with Crippen LogP contribution in [-0.2, 0) is 19.0 Å². The molecular formula is C16H30O4. The fourth-order valence-electron chi connectivity index (χ4n) is 1.77. The van der Waals surface area contributed by atoms with Gasteiger partial charge in [-0.25, -0.2) is 4.79 Å². The molecule has 20 heavy (non-hydrogen) atoms. The summed E-state index contributed by atoms with van der Waals surface area (Å²) in [4.78, 5) is 10.8. The highest BCUT2D eigenvalue weighted by molar-refractivity contribution is 5.81. The highest BCUT2D eigenvalue weighted by Gasteiger charge is 2.21. The fourth-order valence-corrected chi connectivity index (χ4v) is 1.77. The molecule has 0 aromatic rings. The fraction of sp³-hybridized carbons (Fsp3) is 0.812. The van der Waals surface area contributed by atoms with Gasteiger partial charge < -0.3 is 14.2 Å². The molecular weight excluding hydrogens is 256 g/mol. The second-order valence-corrected chi connectivity index (χ2v) is 5.56. The molecule has 4 heteroatoms. The molecule has 0 N–H and O–H groups in total. The first-order valence-electron chi connectivity index (χ1n) is 7.43. The van der Waals surface area contributed by atoms with E-state index >= 15 is 0 Å². The van der Waals surface area contributed by atoms with Crippen LogP contribution in [0, 0.1) is 5.92 Å². The van der Waals surface area contributed by atoms with Gasteiger partial charge in [-0.1, -0.05) is 26.8 Å². The summed E-state index contributed by atoms with van der Waals surface area (Å²) in [7, 11) is 0. The molecule has 0 aliphatic carbocycles. The second-order valence-electron chi connectivity index (χ2n) is 5.56. The third-order valence-electron chi connectivity index (χ3n) is 3.20. The maximum Gasteiger partial charge on any atom is 0.330 e. The van der Waals surface area contributed by atoms with Crippen molar-refractivity contribution in [1.29, 1.82) is 0 Å². The van der Waals surface area contributed by atoms with Crippen molar-refractivity contribution in [3.63, 3.8) is 0 Å². The standard InChI is InChI=1S/C10H18O2.C6H12O2/c1-5-7-8(3)9(4)12-10(11)6-2;1-6(2)7-4-3-5-8-6/h6,8-9H,2,5,7H2,1,3-4H3;3-5H2,1-2H3. The number of carbonyl (C=O) groups excluding carboxylic acids is 1. The number of rotatable bonds is 5. The van der Waals surface area contributed by atoms with Gasteiger partial charge in [-0.3, -0.25) is 0 Å². The molecule has 0 spiro atoms. The first-order chi connectivity index (χ1) is 9.32. The van der Waals surface area contributed by atoms with E-state index in [2.05, 4.69) is 20.4 Å². The molecule has 0 amide bonds. The van der Waals surface area contributed by atoms with E-state index in [4.69, 9.17) is 14.2 Å². The van der Waals surface area contributed by atoms with Crippen LogP contribution in [0.25, 0.3) is 0 Å². The van der Waals surface area contributed by atoms with Gasteiger partial charge in [-0.2, -0.15) is 0 Å². The molecule has 118 valence electrons. The Labute approximate surface area is 123 Å². The third kappa shape index (κ3) is 9.10. The third-order valence-corrected chi connectivity index (χ3v) is 3.20. The van der Waals surface area contributed by atoms with Crippen molar-refractivity contribution in [1.82, 2.24) is 0 Å². The predicted molar refractivity (Wildman–Crippen MR) is 80.4 cm³/mol. The minimum atomic E-state index is -0.328. The molecule has 1 rings (SSSR count). The average Bonchev–Trinajstić information content (AvgIpc) is 2.39. The largest absolute Gasteiger partial charge is 0.459 e. The van der Waals surface area contributed by atoms with Crippen molar-refractivity contribution in [2.24, 2.45) is 5.92 Å². The molecule has 1 saturated heterocycles. The van der Waals surface area contributed by atoms with Gasteiger partial charge in [-0.05, 0) is 39.5 Å². The highest BCUT2D eigenvalue weighted by atomic mass is 16.7. The Kier molecular flexibility index (Phi) is 9.51. The van der Waals surface area contributed by atoms with Crippen LogP contribution >= 0.6 is 0 Å². The van der Waals surface area contributed by atoms with Crippen LogP contribution in [0.2, 0.25) is 0 Å². The van der Waals surface area contributed by atoms with E-state index in [0.29, 0.717) is 5.92 Å². The molecule has 2 unspecified atom stereocenters. The quantitative estimate of drug-likeness (QED) is 0.571. The zero-order chi connectivity index (χ0) is 15.6. The topological polar surface area (TPSA) is 44.8 Å². The Morgan fingerprint density at radius 1 is 1.35 bits per heavy atom. The lowest BCUT2D eigenvalue weighted by molar-refractivity contribution is -0.244. The summed E-state index contributed by atoms with van der Waals surface area (Å²) < 4.78 is 15.5. The van der Waals surface area contributed by atoms with Crippen molar-refractivity contribution in [2.45, 2.75) is 65.8 Å². The van der Waals surface area contributed by atoms with Crippen molar-refractivity contribution in [2.75, 3.05) is 13.2 Å². The molecule has 0 bridgehead atoms. The van der Waals surface area contributed by atoms with E-state index in [1.54, 1.807) is 0 Å². The molecule has 4 nitrogen and oxygen atoms in total. The van der Waals surface area contributed by atoms with Crippen molar-refractivity contribution < 1.29 is 19.0 Å². The molecule has 1 aliphatic heterocycles. The molecule has 1 heterocycles. The number of ether oxygens (including phenoxy) is 3. The Bertz CT molecular complexity index is 278. The van der Waals surface area contributed by atoms with Crippen molar-refractivity contribution in [3.8, 4) is 0 Å². The Morgan fingerprint density at radius 2 is 1.90 bits per heavy atom. The van der Waals surface area contributed by atoms with Gasteiger partial charge in [0.2, 0.25) is 0 Å². The maximum absolute atomic E-state index is 10.8. The second kappa shape index (κ2) is 9.94. The monoisotopic (exact) mass is 286 g/mol. The van der Waals surface area contributed by atoms with E-state index in [0.717, 1.165) is 32.5 Å². The normalized spacial score (nSPS) is 20.1. The predicted octanol–water partition coefficient (Wildman–Crippen LogP) is 3.70. The van der Waals surface area contributed by atoms with Gasteiger partial charge in [-0.15, -0.1) is 0 Å². The van der Waals surface area contributed by atoms with Crippen LogP contribution in [-0.4, -0.2) is 31.1 Å². The smallest absolute Gasteiger partial charge is 0.330 e. The van der Waals surface area contributed by atoms with Gasteiger partial charge >= 0.3 is 5.97 Å². The summed E-state index contributed by atoms with van der Waals surface area (Å²) in [5.74, 6) is -0.220. The molecule has 0 radical (unpaired) electrons. The number of carbonyl (C=O) groups is 1. The summed E-state index contributed by atoms with van der Waals surface area (Å²) in [6.45, 7) is 15.0. The minimum Gasteiger partial charge on any atom is -0.459 e. The number of hydrogen-bond acceptors (Lipinski definition) is 4. The first kappa shape index (κ1) is 19.1. The Hall–Kier alpha value is -0.870. The van der Waals surface area contributed by atoms with Crippen molar-refractivity contribution in [3.05, 3.63) is 12.7 Å².